The van der Waals surface area contributed by atoms with Crippen molar-refractivity contribution in [3.05, 3.63) is 36.5 Å². The summed E-state index contributed by atoms with van der Waals surface area (Å²) in [6, 6.07) is 2.79. The van der Waals surface area contributed by atoms with E-state index in [0.29, 0.717) is 11.3 Å². The minimum Gasteiger partial charge on any atom is -0.382 e. The molecule has 0 unspecified atom stereocenters. The lowest BCUT2D eigenvalue weighted by Crippen LogP contribution is -2.07. The Morgan fingerprint density at radius 3 is 2.67 bits per heavy atom. The highest BCUT2D eigenvalue weighted by Gasteiger charge is 2.16. The zero-order valence-corrected chi connectivity index (χ0v) is 11.7. The van der Waals surface area contributed by atoms with Crippen LogP contribution in [0.25, 0.3) is 17.2 Å². The minimum atomic E-state index is -3.50. The topological polar surface area (TPSA) is 103 Å². The van der Waals surface area contributed by atoms with Crippen LogP contribution >= 0.6 is 0 Å². The van der Waals surface area contributed by atoms with Crippen LogP contribution in [0, 0.1) is 5.82 Å². The van der Waals surface area contributed by atoms with Crippen molar-refractivity contribution in [2.75, 3.05) is 12.0 Å². The molecule has 0 atom stereocenters. The highest BCUT2D eigenvalue weighted by atomic mass is 32.2. The van der Waals surface area contributed by atoms with Crippen LogP contribution in [0.3, 0.4) is 0 Å². The average Bonchev–Trinajstić information content (AvgIpc) is 2.79. The van der Waals surface area contributed by atoms with Crippen molar-refractivity contribution in [1.29, 1.82) is 0 Å². The number of hydrogen-bond acceptors (Lipinski definition) is 6. The molecular weight excluding hydrogens is 297 g/mol. The third-order valence-corrected chi connectivity index (χ3v) is 3.99. The Bertz CT molecular complexity index is 951. The van der Waals surface area contributed by atoms with Crippen LogP contribution in [0.4, 0.5) is 10.2 Å². The zero-order chi connectivity index (χ0) is 15.2. The molecule has 0 radical (unpaired) electrons. The molecule has 3 aromatic heterocycles. The summed E-state index contributed by atoms with van der Waals surface area (Å²) in [4.78, 5) is 11.9. The molecule has 2 N–H and O–H groups in total. The molecule has 0 fully saturated rings. The second-order valence-corrected chi connectivity index (χ2v) is 6.42. The second kappa shape index (κ2) is 4.48. The number of nitrogens with zero attached hydrogens (tertiary/aromatic N) is 4. The molecule has 0 spiro atoms. The molecule has 21 heavy (non-hydrogen) atoms. The maximum Gasteiger partial charge on any atom is 0.180 e. The van der Waals surface area contributed by atoms with E-state index in [1.807, 2.05) is 0 Å². The number of halogens is 1. The SMILES string of the molecule is CS(=O)(=O)c1cnc(-c2cnc3ccc(F)cn23)nc1N. The molecule has 0 aliphatic carbocycles. The molecule has 7 nitrogen and oxygen atoms in total. The summed E-state index contributed by atoms with van der Waals surface area (Å²) in [6.07, 6.45) is 4.85. The summed E-state index contributed by atoms with van der Waals surface area (Å²) in [5, 5.41) is 0. The number of anilines is 1. The van der Waals surface area contributed by atoms with Gasteiger partial charge in [-0.2, -0.15) is 0 Å². The molecule has 0 aromatic carbocycles. The van der Waals surface area contributed by atoms with Gasteiger partial charge in [-0.1, -0.05) is 0 Å². The van der Waals surface area contributed by atoms with Crippen molar-refractivity contribution in [2.24, 2.45) is 0 Å². The second-order valence-electron chi connectivity index (χ2n) is 4.43. The van der Waals surface area contributed by atoms with Gasteiger partial charge in [0.1, 0.15) is 27.9 Å². The van der Waals surface area contributed by atoms with E-state index in [1.165, 1.54) is 28.9 Å². The highest BCUT2D eigenvalue weighted by molar-refractivity contribution is 7.90. The van der Waals surface area contributed by atoms with Crippen LogP contribution in [0.15, 0.2) is 35.6 Å². The molecule has 0 saturated heterocycles. The van der Waals surface area contributed by atoms with Crippen molar-refractivity contribution in [3.63, 3.8) is 0 Å². The van der Waals surface area contributed by atoms with E-state index in [2.05, 4.69) is 15.0 Å². The molecule has 0 aliphatic heterocycles. The smallest absolute Gasteiger partial charge is 0.180 e. The van der Waals surface area contributed by atoms with Crippen molar-refractivity contribution < 1.29 is 12.8 Å². The third kappa shape index (κ3) is 2.31. The summed E-state index contributed by atoms with van der Waals surface area (Å²) < 4.78 is 37.7. The molecule has 0 aliphatic rings. The first-order valence-corrected chi connectivity index (χ1v) is 7.71. The molecule has 0 amide bonds. The molecule has 0 saturated carbocycles. The fourth-order valence-electron chi connectivity index (χ4n) is 1.91. The van der Waals surface area contributed by atoms with Crippen LogP contribution < -0.4 is 5.73 Å². The van der Waals surface area contributed by atoms with Crippen molar-refractivity contribution >= 4 is 21.3 Å². The van der Waals surface area contributed by atoms with Gasteiger partial charge in [-0.25, -0.2) is 27.8 Å². The largest absolute Gasteiger partial charge is 0.382 e. The van der Waals surface area contributed by atoms with Crippen molar-refractivity contribution in [2.45, 2.75) is 4.90 Å². The molecule has 3 aromatic rings. The van der Waals surface area contributed by atoms with E-state index in [1.54, 1.807) is 0 Å². The van der Waals surface area contributed by atoms with Gasteiger partial charge in [0.15, 0.2) is 15.7 Å². The van der Waals surface area contributed by atoms with E-state index >= 15 is 0 Å². The molecule has 3 rings (SSSR count). The van der Waals surface area contributed by atoms with E-state index in [0.717, 1.165) is 12.5 Å². The Labute approximate surface area is 119 Å². The number of aromatic nitrogens is 4. The van der Waals surface area contributed by atoms with Gasteiger partial charge >= 0.3 is 0 Å². The van der Waals surface area contributed by atoms with E-state index in [9.17, 15) is 12.8 Å². The van der Waals surface area contributed by atoms with E-state index in [-0.39, 0.29) is 16.5 Å². The fourth-order valence-corrected chi connectivity index (χ4v) is 2.58. The Morgan fingerprint density at radius 2 is 2.00 bits per heavy atom. The van der Waals surface area contributed by atoms with Gasteiger partial charge in [0, 0.05) is 12.5 Å². The van der Waals surface area contributed by atoms with Gasteiger partial charge in [0.05, 0.1) is 12.4 Å². The average molecular weight is 307 g/mol. The quantitative estimate of drug-likeness (QED) is 0.755. The Hall–Kier alpha value is -2.55. The van der Waals surface area contributed by atoms with Crippen LogP contribution in [0.5, 0.6) is 0 Å². The third-order valence-electron chi connectivity index (χ3n) is 2.88. The lowest BCUT2D eigenvalue weighted by molar-refractivity contribution is 0.601. The van der Waals surface area contributed by atoms with E-state index in [4.69, 9.17) is 5.73 Å². The summed E-state index contributed by atoms with van der Waals surface area (Å²) in [5.41, 5.74) is 6.58. The van der Waals surface area contributed by atoms with Crippen LogP contribution in [0.1, 0.15) is 0 Å². The molecule has 9 heteroatoms. The maximum atomic E-state index is 13.3. The van der Waals surface area contributed by atoms with Gasteiger partial charge < -0.3 is 5.73 Å². The molecule has 108 valence electrons. The number of hydrogen-bond donors (Lipinski definition) is 1. The zero-order valence-electron chi connectivity index (χ0n) is 10.9. The summed E-state index contributed by atoms with van der Waals surface area (Å²) >= 11 is 0. The Kier molecular flexibility index (Phi) is 2.87. The summed E-state index contributed by atoms with van der Waals surface area (Å²) in [5.74, 6) is -0.436. The summed E-state index contributed by atoms with van der Waals surface area (Å²) in [6.45, 7) is 0. The number of pyridine rings is 1. The molecule has 3 heterocycles. The van der Waals surface area contributed by atoms with Gasteiger partial charge in [-0.3, -0.25) is 4.40 Å². The minimum absolute atomic E-state index is 0.147. The van der Waals surface area contributed by atoms with Gasteiger partial charge in [-0.05, 0) is 12.1 Å². The number of nitrogens with two attached hydrogens (primary N) is 1. The first-order chi connectivity index (χ1) is 9.86. The standard InChI is InChI=1S/C12H10FN5O2S/c1-21(19,20)9-5-16-12(17-11(9)14)8-4-15-10-3-2-7(13)6-18(8)10/h2-6H,1H3,(H2,14,16,17). The van der Waals surface area contributed by atoms with Crippen LogP contribution in [-0.4, -0.2) is 34.0 Å². The van der Waals surface area contributed by atoms with Crippen LogP contribution in [-0.2, 0) is 9.84 Å². The van der Waals surface area contributed by atoms with Crippen molar-refractivity contribution in [1.82, 2.24) is 19.4 Å². The first kappa shape index (κ1) is 13.4. The van der Waals surface area contributed by atoms with Gasteiger partial charge in [0.2, 0.25) is 0 Å². The van der Waals surface area contributed by atoms with Crippen molar-refractivity contribution in [3.8, 4) is 11.5 Å². The maximum absolute atomic E-state index is 13.3. The first-order valence-electron chi connectivity index (χ1n) is 5.82. The Morgan fingerprint density at radius 1 is 1.24 bits per heavy atom. The lowest BCUT2D eigenvalue weighted by Gasteiger charge is -2.05. The monoisotopic (exact) mass is 307 g/mol. The number of rotatable bonds is 2. The van der Waals surface area contributed by atoms with Gasteiger partial charge in [-0.15, -0.1) is 0 Å². The van der Waals surface area contributed by atoms with Gasteiger partial charge in [0.25, 0.3) is 0 Å². The lowest BCUT2D eigenvalue weighted by atomic mass is 10.4. The predicted molar refractivity (Wildman–Crippen MR) is 73.7 cm³/mol. The highest BCUT2D eigenvalue weighted by Crippen LogP contribution is 2.21. The fraction of sp³-hybridized carbons (Fsp3) is 0.0833. The summed E-state index contributed by atoms with van der Waals surface area (Å²) in [7, 11) is -3.50. The van der Waals surface area contributed by atoms with Crippen LogP contribution in [0.2, 0.25) is 0 Å². The predicted octanol–water partition coefficient (Wildman–Crippen LogP) is 0.916. The molecule has 0 bridgehead atoms. The number of nitrogen functional groups attached to an aromatic ring is 1. The number of sulfone groups is 1. The Balaban J connectivity index is 2.20. The molecular formula is C12H10FN5O2S. The number of fused-ring (bicyclic) bond motifs is 1. The number of imidazole rings is 1. The van der Waals surface area contributed by atoms with E-state index < -0.39 is 15.7 Å². The normalized spacial score (nSPS) is 11.9.